The molecular formula is C14H17NO2S2. The van der Waals surface area contributed by atoms with Crippen molar-refractivity contribution in [1.82, 2.24) is 5.32 Å². The minimum absolute atomic E-state index is 0.0296. The zero-order valence-corrected chi connectivity index (χ0v) is 12.5. The highest BCUT2D eigenvalue weighted by molar-refractivity contribution is 7.39. The molecule has 2 aromatic rings. The summed E-state index contributed by atoms with van der Waals surface area (Å²) in [7, 11) is 0. The number of fused-ring (bicyclic) bond motifs is 1. The van der Waals surface area contributed by atoms with Crippen LogP contribution in [-0.4, -0.2) is 25.2 Å². The largest absolute Gasteiger partial charge is 0.376 e. The van der Waals surface area contributed by atoms with Gasteiger partial charge >= 0.3 is 0 Å². The first-order valence-electron chi connectivity index (χ1n) is 6.68. The van der Waals surface area contributed by atoms with E-state index in [1.165, 1.54) is 14.3 Å². The maximum Gasteiger partial charge on any atom is 0.261 e. The number of nitrogens with one attached hydrogen (secondary N) is 1. The lowest BCUT2D eigenvalue weighted by Crippen LogP contribution is -2.31. The summed E-state index contributed by atoms with van der Waals surface area (Å²) < 4.78 is 6.75. The lowest BCUT2D eigenvalue weighted by Gasteiger charge is -2.09. The molecule has 19 heavy (non-hydrogen) atoms. The Labute approximate surface area is 120 Å². The van der Waals surface area contributed by atoms with Gasteiger partial charge in [-0.15, -0.1) is 22.7 Å². The van der Waals surface area contributed by atoms with E-state index in [9.17, 15) is 4.79 Å². The summed E-state index contributed by atoms with van der Waals surface area (Å²) in [5.41, 5.74) is 0. The molecule has 1 aliphatic rings. The van der Waals surface area contributed by atoms with Crippen LogP contribution in [0.1, 0.15) is 34.3 Å². The molecule has 0 aromatic carbocycles. The first-order chi connectivity index (χ1) is 9.26. The summed E-state index contributed by atoms with van der Waals surface area (Å²) in [6.07, 6.45) is 3.43. The molecule has 0 aliphatic carbocycles. The molecule has 0 spiro atoms. The zero-order chi connectivity index (χ0) is 13.2. The van der Waals surface area contributed by atoms with Crippen molar-refractivity contribution in [2.24, 2.45) is 0 Å². The third kappa shape index (κ3) is 2.83. The van der Waals surface area contributed by atoms with E-state index >= 15 is 0 Å². The van der Waals surface area contributed by atoms with E-state index in [1.54, 1.807) is 22.7 Å². The summed E-state index contributed by atoms with van der Waals surface area (Å²) in [5, 5.41) is 4.17. The van der Waals surface area contributed by atoms with E-state index < -0.39 is 0 Å². The van der Waals surface area contributed by atoms with Gasteiger partial charge in [0.05, 0.1) is 15.0 Å². The van der Waals surface area contributed by atoms with E-state index in [2.05, 4.69) is 18.3 Å². The molecule has 3 rings (SSSR count). The van der Waals surface area contributed by atoms with E-state index in [1.807, 2.05) is 6.07 Å². The topological polar surface area (TPSA) is 38.3 Å². The Kier molecular flexibility index (Phi) is 3.86. The highest BCUT2D eigenvalue weighted by atomic mass is 32.2. The normalized spacial score (nSPS) is 19.1. The van der Waals surface area contributed by atoms with E-state index in [4.69, 9.17) is 4.74 Å². The highest BCUT2D eigenvalue weighted by Gasteiger charge is 2.18. The van der Waals surface area contributed by atoms with Crippen LogP contribution in [0.3, 0.4) is 0 Å². The molecule has 1 N–H and O–H groups in total. The van der Waals surface area contributed by atoms with Crippen molar-refractivity contribution < 1.29 is 9.53 Å². The molecule has 1 amide bonds. The SMILES string of the molecule is CCc1cc2cc(C(=O)NCC3CCCO3)sc2s1. The second kappa shape index (κ2) is 5.61. The minimum atomic E-state index is 0.0296. The van der Waals surface area contributed by atoms with Gasteiger partial charge in [0, 0.05) is 23.4 Å². The Morgan fingerprint density at radius 2 is 2.37 bits per heavy atom. The van der Waals surface area contributed by atoms with Gasteiger partial charge < -0.3 is 10.1 Å². The van der Waals surface area contributed by atoms with Crippen LogP contribution in [0.15, 0.2) is 12.1 Å². The molecular weight excluding hydrogens is 278 g/mol. The Morgan fingerprint density at radius 3 is 3.05 bits per heavy atom. The standard InChI is InChI=1S/C14H17NO2S2/c1-2-11-6-9-7-12(19-14(9)18-11)13(16)15-8-10-4-3-5-17-10/h6-7,10H,2-5,8H2,1H3,(H,15,16). The predicted octanol–water partition coefficient (Wildman–Crippen LogP) is 3.43. The second-order valence-corrected chi connectivity index (χ2v) is 7.21. The van der Waals surface area contributed by atoms with Gasteiger partial charge in [-0.3, -0.25) is 4.79 Å². The van der Waals surface area contributed by atoms with E-state index in [0.29, 0.717) is 6.54 Å². The lowest BCUT2D eigenvalue weighted by molar-refractivity contribution is 0.0861. The number of hydrogen-bond acceptors (Lipinski definition) is 4. The van der Waals surface area contributed by atoms with Gasteiger partial charge in [-0.2, -0.15) is 0 Å². The van der Waals surface area contributed by atoms with Gasteiger partial charge in [0.25, 0.3) is 5.91 Å². The summed E-state index contributed by atoms with van der Waals surface area (Å²) in [5.74, 6) is 0.0296. The Morgan fingerprint density at radius 1 is 1.47 bits per heavy atom. The van der Waals surface area contributed by atoms with Crippen LogP contribution in [0.5, 0.6) is 0 Å². The van der Waals surface area contributed by atoms with Crippen molar-refractivity contribution in [1.29, 1.82) is 0 Å². The predicted molar refractivity (Wildman–Crippen MR) is 80.4 cm³/mol. The summed E-state index contributed by atoms with van der Waals surface area (Å²) in [6.45, 7) is 3.62. The molecule has 0 saturated carbocycles. The molecule has 1 atom stereocenters. The average molecular weight is 295 g/mol. The van der Waals surface area contributed by atoms with Crippen molar-refractivity contribution in [2.75, 3.05) is 13.2 Å². The van der Waals surface area contributed by atoms with Gasteiger partial charge in [0.2, 0.25) is 0 Å². The number of ether oxygens (including phenoxy) is 1. The van der Waals surface area contributed by atoms with Gasteiger partial charge in [-0.25, -0.2) is 0 Å². The third-order valence-corrected chi connectivity index (χ3v) is 5.89. The van der Waals surface area contributed by atoms with Crippen molar-refractivity contribution >= 4 is 38.0 Å². The van der Waals surface area contributed by atoms with Crippen molar-refractivity contribution in [3.05, 3.63) is 21.9 Å². The molecule has 1 fully saturated rings. The van der Waals surface area contributed by atoms with Crippen LogP contribution in [0.2, 0.25) is 0 Å². The molecule has 2 aromatic heterocycles. The molecule has 1 unspecified atom stereocenters. The first kappa shape index (κ1) is 13.1. The fourth-order valence-electron chi connectivity index (χ4n) is 2.28. The van der Waals surface area contributed by atoms with Crippen LogP contribution in [0, 0.1) is 0 Å². The molecule has 5 heteroatoms. The highest BCUT2D eigenvalue weighted by Crippen LogP contribution is 2.33. The summed E-state index contributed by atoms with van der Waals surface area (Å²) >= 11 is 3.38. The number of rotatable bonds is 4. The Hall–Kier alpha value is -0.910. The van der Waals surface area contributed by atoms with Gasteiger partial charge in [-0.1, -0.05) is 6.92 Å². The molecule has 3 nitrogen and oxygen atoms in total. The van der Waals surface area contributed by atoms with Gasteiger partial charge in [0.1, 0.15) is 0 Å². The molecule has 1 aliphatic heterocycles. The van der Waals surface area contributed by atoms with Crippen LogP contribution in [-0.2, 0) is 11.2 Å². The van der Waals surface area contributed by atoms with Crippen LogP contribution in [0.25, 0.3) is 9.40 Å². The van der Waals surface area contributed by atoms with E-state index in [0.717, 1.165) is 30.7 Å². The maximum atomic E-state index is 12.1. The lowest BCUT2D eigenvalue weighted by atomic mass is 10.2. The maximum absolute atomic E-state index is 12.1. The van der Waals surface area contributed by atoms with Crippen molar-refractivity contribution in [3.63, 3.8) is 0 Å². The Balaban J connectivity index is 1.65. The van der Waals surface area contributed by atoms with Crippen LogP contribution in [0.4, 0.5) is 0 Å². The Bertz CT molecular complexity index is 550. The molecule has 3 heterocycles. The molecule has 0 radical (unpaired) electrons. The fraction of sp³-hybridized carbons (Fsp3) is 0.500. The van der Waals surface area contributed by atoms with E-state index in [-0.39, 0.29) is 12.0 Å². The number of thiophene rings is 2. The van der Waals surface area contributed by atoms with Crippen molar-refractivity contribution in [3.8, 4) is 0 Å². The van der Waals surface area contributed by atoms with Crippen LogP contribution >= 0.6 is 22.7 Å². The second-order valence-electron chi connectivity index (χ2n) is 4.76. The number of carbonyl (C=O) groups excluding carboxylic acids is 1. The minimum Gasteiger partial charge on any atom is -0.376 e. The molecule has 1 saturated heterocycles. The number of amides is 1. The van der Waals surface area contributed by atoms with Crippen LogP contribution < -0.4 is 5.32 Å². The van der Waals surface area contributed by atoms with Crippen molar-refractivity contribution in [2.45, 2.75) is 32.3 Å². The number of hydrogen-bond donors (Lipinski definition) is 1. The first-order valence-corrected chi connectivity index (χ1v) is 8.31. The van der Waals surface area contributed by atoms with Gasteiger partial charge in [-0.05, 0) is 31.4 Å². The zero-order valence-electron chi connectivity index (χ0n) is 10.9. The quantitative estimate of drug-likeness (QED) is 0.938. The molecule has 0 bridgehead atoms. The average Bonchev–Trinajstić information content (AvgIpc) is 3.10. The number of carbonyl (C=O) groups is 1. The molecule has 102 valence electrons. The smallest absolute Gasteiger partial charge is 0.261 e. The third-order valence-electron chi connectivity index (χ3n) is 3.35. The monoisotopic (exact) mass is 295 g/mol. The number of aryl methyl sites for hydroxylation is 1. The fourth-order valence-corrected chi connectivity index (χ4v) is 4.62. The summed E-state index contributed by atoms with van der Waals surface area (Å²) in [6, 6.07) is 4.19. The summed E-state index contributed by atoms with van der Waals surface area (Å²) in [4.78, 5) is 14.3. The van der Waals surface area contributed by atoms with Gasteiger partial charge in [0.15, 0.2) is 0 Å².